The second-order valence-electron chi connectivity index (χ2n) is 5.78. The average Bonchev–Trinajstić information content (AvgIpc) is 3.18. The number of hydrogen-bond donors (Lipinski definition) is 2. The zero-order valence-corrected chi connectivity index (χ0v) is 15.1. The van der Waals surface area contributed by atoms with E-state index >= 15 is 0 Å². The van der Waals surface area contributed by atoms with E-state index in [1.807, 2.05) is 0 Å². The molecule has 2 heterocycles. The predicted octanol–water partition coefficient (Wildman–Crippen LogP) is 0.440. The van der Waals surface area contributed by atoms with Gasteiger partial charge in [0.15, 0.2) is 5.01 Å². The molecule has 0 radical (unpaired) electrons. The van der Waals surface area contributed by atoms with Crippen molar-refractivity contribution < 1.29 is 22.8 Å². The lowest BCUT2D eigenvalue weighted by Gasteiger charge is -2.22. The third-order valence-corrected chi connectivity index (χ3v) is 5.75. The van der Waals surface area contributed by atoms with Crippen LogP contribution in [0.25, 0.3) is 0 Å². The SMILES string of the molecule is CC1(c2ccc(S(N)(=O)=O)cc2)NC(=O)N(CC(=O)c2nccs2)C1=O. The quantitative estimate of drug-likeness (QED) is 0.557. The Morgan fingerprint density at radius 3 is 2.50 bits per heavy atom. The number of rotatable bonds is 5. The molecule has 3 amide bonds. The Morgan fingerprint density at radius 2 is 1.96 bits per heavy atom. The molecule has 1 aliphatic heterocycles. The van der Waals surface area contributed by atoms with Gasteiger partial charge in [-0.2, -0.15) is 0 Å². The number of benzene rings is 1. The van der Waals surface area contributed by atoms with Crippen LogP contribution in [0, 0.1) is 0 Å². The molecule has 0 aliphatic carbocycles. The summed E-state index contributed by atoms with van der Waals surface area (Å²) in [6, 6.07) is 4.57. The van der Waals surface area contributed by atoms with Crippen LogP contribution in [0.4, 0.5) is 4.79 Å². The van der Waals surface area contributed by atoms with Crippen molar-refractivity contribution in [2.24, 2.45) is 5.14 Å². The Labute approximate surface area is 152 Å². The molecule has 3 rings (SSSR count). The number of carbonyl (C=O) groups excluding carboxylic acids is 3. The summed E-state index contributed by atoms with van der Waals surface area (Å²) in [5.41, 5.74) is -1.05. The van der Waals surface area contributed by atoms with E-state index in [1.165, 1.54) is 37.4 Å². The lowest BCUT2D eigenvalue weighted by atomic mass is 9.92. The van der Waals surface area contributed by atoms with Gasteiger partial charge in [0, 0.05) is 11.6 Å². The van der Waals surface area contributed by atoms with Crippen LogP contribution in [0.2, 0.25) is 0 Å². The van der Waals surface area contributed by atoms with Crippen molar-refractivity contribution in [3.63, 3.8) is 0 Å². The van der Waals surface area contributed by atoms with Crippen LogP contribution in [-0.4, -0.2) is 42.6 Å². The normalized spacial score (nSPS) is 20.3. The number of amides is 3. The zero-order chi connectivity index (χ0) is 19.1. The van der Waals surface area contributed by atoms with E-state index in [-0.39, 0.29) is 9.90 Å². The van der Waals surface area contributed by atoms with Crippen molar-refractivity contribution in [3.8, 4) is 0 Å². The number of nitrogens with two attached hydrogens (primary N) is 1. The summed E-state index contributed by atoms with van der Waals surface area (Å²) in [6.07, 6.45) is 1.46. The maximum absolute atomic E-state index is 12.8. The molecule has 1 fully saturated rings. The highest BCUT2D eigenvalue weighted by Gasteiger charge is 2.49. The molecule has 11 heteroatoms. The first-order valence-electron chi connectivity index (χ1n) is 7.33. The van der Waals surface area contributed by atoms with Gasteiger partial charge in [-0.25, -0.2) is 23.3 Å². The summed E-state index contributed by atoms with van der Waals surface area (Å²) in [5, 5.41) is 9.42. The van der Waals surface area contributed by atoms with E-state index < -0.39 is 39.8 Å². The molecular formula is C15H14N4O5S2. The minimum atomic E-state index is -3.87. The molecular weight excluding hydrogens is 380 g/mol. The lowest BCUT2D eigenvalue weighted by Crippen LogP contribution is -2.41. The number of hydrogen-bond acceptors (Lipinski definition) is 7. The Morgan fingerprint density at radius 1 is 1.31 bits per heavy atom. The second kappa shape index (κ2) is 6.27. The first-order valence-corrected chi connectivity index (χ1v) is 9.75. The summed E-state index contributed by atoms with van der Waals surface area (Å²) in [6.45, 7) is 1.05. The molecule has 0 saturated carbocycles. The number of aromatic nitrogens is 1. The number of urea groups is 1. The van der Waals surface area contributed by atoms with E-state index in [1.54, 1.807) is 5.38 Å². The van der Waals surface area contributed by atoms with Crippen molar-refractivity contribution in [3.05, 3.63) is 46.4 Å². The summed E-state index contributed by atoms with van der Waals surface area (Å²) < 4.78 is 22.7. The number of ketones is 1. The highest BCUT2D eigenvalue weighted by atomic mass is 32.2. The van der Waals surface area contributed by atoms with Gasteiger partial charge in [-0.1, -0.05) is 12.1 Å². The van der Waals surface area contributed by atoms with Gasteiger partial charge in [0.25, 0.3) is 5.91 Å². The third kappa shape index (κ3) is 3.11. The first-order chi connectivity index (χ1) is 12.1. The van der Waals surface area contributed by atoms with E-state index in [0.717, 1.165) is 16.2 Å². The second-order valence-corrected chi connectivity index (χ2v) is 8.23. The fraction of sp³-hybridized carbons (Fsp3) is 0.200. The summed E-state index contributed by atoms with van der Waals surface area (Å²) in [4.78, 5) is 41.7. The Bertz CT molecular complexity index is 986. The maximum atomic E-state index is 12.8. The molecule has 3 N–H and O–H groups in total. The molecule has 136 valence electrons. The van der Waals surface area contributed by atoms with E-state index in [2.05, 4.69) is 10.3 Å². The first kappa shape index (κ1) is 18.2. The van der Waals surface area contributed by atoms with Crippen molar-refractivity contribution in [1.82, 2.24) is 15.2 Å². The fourth-order valence-electron chi connectivity index (χ4n) is 2.59. The summed E-state index contributed by atoms with van der Waals surface area (Å²) >= 11 is 1.12. The van der Waals surface area contributed by atoms with Gasteiger partial charge in [-0.15, -0.1) is 11.3 Å². The molecule has 0 bridgehead atoms. The highest BCUT2D eigenvalue weighted by Crippen LogP contribution is 2.29. The van der Waals surface area contributed by atoms with Gasteiger partial charge in [0.05, 0.1) is 11.4 Å². The highest BCUT2D eigenvalue weighted by molar-refractivity contribution is 7.89. The largest absolute Gasteiger partial charge is 0.325 e. The molecule has 1 atom stereocenters. The van der Waals surface area contributed by atoms with Crippen molar-refractivity contribution in [1.29, 1.82) is 0 Å². The Hall–Kier alpha value is -2.63. The molecule has 2 aromatic rings. The topological polar surface area (TPSA) is 140 Å². The van der Waals surface area contributed by atoms with E-state index in [4.69, 9.17) is 5.14 Å². The number of nitrogens with one attached hydrogen (secondary N) is 1. The molecule has 1 aromatic heterocycles. The Balaban J connectivity index is 1.86. The van der Waals surface area contributed by atoms with Crippen LogP contribution in [-0.2, 0) is 20.4 Å². The van der Waals surface area contributed by atoms with E-state index in [0.29, 0.717) is 5.56 Å². The molecule has 26 heavy (non-hydrogen) atoms. The maximum Gasteiger partial charge on any atom is 0.325 e. The van der Waals surface area contributed by atoms with Crippen LogP contribution in [0.1, 0.15) is 22.3 Å². The molecule has 1 aliphatic rings. The minimum absolute atomic E-state index is 0.113. The van der Waals surface area contributed by atoms with Gasteiger partial charge in [0.1, 0.15) is 5.54 Å². The van der Waals surface area contributed by atoms with Gasteiger partial charge < -0.3 is 5.32 Å². The van der Waals surface area contributed by atoms with Crippen molar-refractivity contribution in [2.45, 2.75) is 17.4 Å². The van der Waals surface area contributed by atoms with Gasteiger partial charge in [-0.3, -0.25) is 14.5 Å². The van der Waals surface area contributed by atoms with Crippen LogP contribution in [0.5, 0.6) is 0 Å². The third-order valence-electron chi connectivity index (χ3n) is 4.01. The monoisotopic (exact) mass is 394 g/mol. The summed E-state index contributed by atoms with van der Waals surface area (Å²) in [7, 11) is -3.87. The van der Waals surface area contributed by atoms with Crippen molar-refractivity contribution in [2.75, 3.05) is 6.54 Å². The van der Waals surface area contributed by atoms with E-state index in [9.17, 15) is 22.8 Å². The van der Waals surface area contributed by atoms with Crippen LogP contribution >= 0.6 is 11.3 Å². The zero-order valence-electron chi connectivity index (χ0n) is 13.5. The number of imide groups is 1. The standard InChI is InChI=1S/C15H14N4O5S2/c1-15(9-2-4-10(5-3-9)26(16,23)24)13(21)19(14(22)18-15)8-11(20)12-17-6-7-25-12/h2-7H,8H2,1H3,(H,18,22)(H2,16,23,24). The van der Waals surface area contributed by atoms with Crippen LogP contribution in [0.15, 0.2) is 40.7 Å². The number of Topliss-reactive ketones (excluding diaryl/α,β-unsaturated/α-hetero) is 1. The molecule has 1 saturated heterocycles. The van der Waals surface area contributed by atoms with Crippen molar-refractivity contribution >= 4 is 39.1 Å². The molecule has 0 spiro atoms. The summed E-state index contributed by atoms with van der Waals surface area (Å²) in [5.74, 6) is -1.06. The predicted molar refractivity (Wildman–Crippen MR) is 91.9 cm³/mol. The number of thiazole rings is 1. The van der Waals surface area contributed by atoms with Gasteiger partial charge in [0.2, 0.25) is 15.8 Å². The van der Waals surface area contributed by atoms with Gasteiger partial charge >= 0.3 is 6.03 Å². The molecule has 1 unspecified atom stereocenters. The van der Waals surface area contributed by atoms with Crippen LogP contribution < -0.4 is 10.5 Å². The molecule has 1 aromatic carbocycles. The average molecular weight is 394 g/mol. The smallest absolute Gasteiger partial charge is 0.319 e. The molecule has 9 nitrogen and oxygen atoms in total. The number of nitrogens with zero attached hydrogens (tertiary/aromatic N) is 2. The lowest BCUT2D eigenvalue weighted by molar-refractivity contribution is -0.130. The Kier molecular flexibility index (Phi) is 4.38. The number of sulfonamides is 1. The fourth-order valence-corrected chi connectivity index (χ4v) is 3.67. The van der Waals surface area contributed by atoms with Crippen LogP contribution in [0.3, 0.4) is 0 Å². The number of carbonyl (C=O) groups is 3. The van der Waals surface area contributed by atoms with Gasteiger partial charge in [-0.05, 0) is 24.6 Å². The minimum Gasteiger partial charge on any atom is -0.319 e. The number of primary sulfonamides is 1.